The maximum Gasteiger partial charge on any atom is 0.236 e. The average Bonchev–Trinajstić information content (AvgIpc) is 2.27. The van der Waals surface area contributed by atoms with Gasteiger partial charge in [-0.05, 0) is 6.92 Å². The van der Waals surface area contributed by atoms with Crippen molar-refractivity contribution in [1.82, 2.24) is 9.97 Å². The van der Waals surface area contributed by atoms with Crippen LogP contribution in [0.25, 0.3) is 0 Å². The van der Waals surface area contributed by atoms with E-state index in [0.29, 0.717) is 24.1 Å². The smallest absolute Gasteiger partial charge is 0.236 e. The minimum absolute atomic E-state index is 0.0367. The number of hydrogen-bond donors (Lipinski definition) is 3. The van der Waals surface area contributed by atoms with E-state index in [-0.39, 0.29) is 6.54 Å². The first-order valence-corrected chi connectivity index (χ1v) is 5.28. The molecule has 0 atom stereocenters. The van der Waals surface area contributed by atoms with Crippen LogP contribution in [0.5, 0.6) is 0 Å². The Kier molecular flexibility index (Phi) is 5.15. The zero-order chi connectivity index (χ0) is 12.7. The zero-order valence-corrected chi connectivity index (χ0v) is 9.99. The van der Waals surface area contributed by atoms with Gasteiger partial charge in [-0.3, -0.25) is 4.79 Å². The van der Waals surface area contributed by atoms with E-state index >= 15 is 0 Å². The molecule has 17 heavy (non-hydrogen) atoms. The Balaban J connectivity index is 2.82. The van der Waals surface area contributed by atoms with E-state index < -0.39 is 5.91 Å². The van der Waals surface area contributed by atoms with Crippen LogP contribution in [-0.4, -0.2) is 36.1 Å². The van der Waals surface area contributed by atoms with E-state index in [2.05, 4.69) is 20.6 Å². The number of aromatic nitrogens is 2. The normalized spacial score (nSPS) is 10.0. The Morgan fingerprint density at radius 1 is 1.41 bits per heavy atom. The van der Waals surface area contributed by atoms with E-state index in [9.17, 15) is 4.79 Å². The number of nitrogens with one attached hydrogen (secondary N) is 2. The van der Waals surface area contributed by atoms with E-state index in [0.717, 1.165) is 6.54 Å². The number of anilines is 2. The second-order valence-corrected chi connectivity index (χ2v) is 3.34. The van der Waals surface area contributed by atoms with Crippen molar-refractivity contribution < 1.29 is 9.53 Å². The van der Waals surface area contributed by atoms with E-state index in [1.807, 2.05) is 6.92 Å². The number of nitrogens with zero attached hydrogens (tertiary/aromatic N) is 2. The maximum absolute atomic E-state index is 10.7. The van der Waals surface area contributed by atoms with E-state index in [1.54, 1.807) is 13.2 Å². The lowest BCUT2D eigenvalue weighted by molar-refractivity contribution is -0.116. The Hall–Kier alpha value is -1.89. The number of rotatable bonds is 7. The molecular formula is C10H17N5O2. The lowest BCUT2D eigenvalue weighted by Gasteiger charge is -2.09. The first-order chi connectivity index (χ1) is 8.15. The number of carbonyl (C=O) groups excluding carboxylic acids is 1. The monoisotopic (exact) mass is 239 g/mol. The zero-order valence-electron chi connectivity index (χ0n) is 9.99. The SMILES string of the molecule is CCNc1cc(NCC(N)=O)nc(COC)n1. The molecule has 0 bridgehead atoms. The van der Waals surface area contributed by atoms with Crippen molar-refractivity contribution in [2.24, 2.45) is 5.73 Å². The summed E-state index contributed by atoms with van der Waals surface area (Å²) in [4.78, 5) is 19.1. The minimum atomic E-state index is -0.443. The molecule has 0 aliphatic rings. The molecular weight excluding hydrogens is 222 g/mol. The number of amides is 1. The molecule has 1 aromatic heterocycles. The van der Waals surface area contributed by atoms with Crippen LogP contribution < -0.4 is 16.4 Å². The van der Waals surface area contributed by atoms with Gasteiger partial charge >= 0.3 is 0 Å². The molecule has 0 aromatic carbocycles. The summed E-state index contributed by atoms with van der Waals surface area (Å²) in [6, 6.07) is 1.71. The van der Waals surface area contributed by atoms with Crippen LogP contribution in [0.15, 0.2) is 6.07 Å². The van der Waals surface area contributed by atoms with Crippen molar-refractivity contribution in [3.63, 3.8) is 0 Å². The first kappa shape index (κ1) is 13.2. The second-order valence-electron chi connectivity index (χ2n) is 3.34. The number of nitrogens with two attached hydrogens (primary N) is 1. The standard InChI is InChI=1S/C10H17N5O2/c1-3-12-8-4-9(13-5-7(11)16)15-10(14-8)6-17-2/h4H,3,5-6H2,1-2H3,(H2,11,16)(H2,12,13,14,15). The number of carbonyl (C=O) groups is 1. The van der Waals surface area contributed by atoms with Gasteiger partial charge in [0.05, 0.1) is 6.54 Å². The molecule has 94 valence electrons. The molecule has 7 heteroatoms. The summed E-state index contributed by atoms with van der Waals surface area (Å²) in [7, 11) is 1.57. The topological polar surface area (TPSA) is 102 Å². The molecule has 0 fully saturated rings. The van der Waals surface area contributed by atoms with Crippen LogP contribution in [0.2, 0.25) is 0 Å². The Morgan fingerprint density at radius 2 is 2.06 bits per heavy atom. The molecule has 1 aromatic rings. The fraction of sp³-hybridized carbons (Fsp3) is 0.500. The van der Waals surface area contributed by atoms with Crippen molar-refractivity contribution in [1.29, 1.82) is 0 Å². The molecule has 1 amide bonds. The molecule has 0 saturated heterocycles. The van der Waals surface area contributed by atoms with Crippen molar-refractivity contribution >= 4 is 17.5 Å². The largest absolute Gasteiger partial charge is 0.377 e. The lowest BCUT2D eigenvalue weighted by atomic mass is 10.4. The molecule has 4 N–H and O–H groups in total. The number of ether oxygens (including phenoxy) is 1. The number of hydrogen-bond acceptors (Lipinski definition) is 6. The predicted molar refractivity (Wildman–Crippen MR) is 64.6 cm³/mol. The van der Waals surface area contributed by atoms with Gasteiger partial charge in [0.2, 0.25) is 5.91 Å². The van der Waals surface area contributed by atoms with Crippen LogP contribution in [-0.2, 0) is 16.1 Å². The first-order valence-electron chi connectivity index (χ1n) is 5.28. The van der Waals surface area contributed by atoms with Crippen LogP contribution in [0.1, 0.15) is 12.7 Å². The quantitative estimate of drug-likeness (QED) is 0.616. The molecule has 0 spiro atoms. The van der Waals surface area contributed by atoms with Gasteiger partial charge < -0.3 is 21.1 Å². The van der Waals surface area contributed by atoms with Gasteiger partial charge in [-0.2, -0.15) is 0 Å². The van der Waals surface area contributed by atoms with Crippen molar-refractivity contribution in [2.75, 3.05) is 30.8 Å². The van der Waals surface area contributed by atoms with Crippen molar-refractivity contribution in [3.05, 3.63) is 11.9 Å². The summed E-state index contributed by atoms with van der Waals surface area (Å²) in [5.41, 5.74) is 5.05. The van der Waals surface area contributed by atoms with Crippen LogP contribution in [0, 0.1) is 0 Å². The highest BCUT2D eigenvalue weighted by atomic mass is 16.5. The summed E-state index contributed by atoms with van der Waals surface area (Å²) >= 11 is 0. The van der Waals surface area contributed by atoms with Gasteiger partial charge in [-0.1, -0.05) is 0 Å². The van der Waals surface area contributed by atoms with Crippen LogP contribution in [0.3, 0.4) is 0 Å². The average molecular weight is 239 g/mol. The van der Waals surface area contributed by atoms with Gasteiger partial charge in [0.25, 0.3) is 0 Å². The van der Waals surface area contributed by atoms with Crippen LogP contribution >= 0.6 is 0 Å². The molecule has 0 aliphatic carbocycles. The fourth-order valence-electron chi connectivity index (χ4n) is 1.23. The third kappa shape index (κ3) is 4.64. The fourth-order valence-corrected chi connectivity index (χ4v) is 1.23. The van der Waals surface area contributed by atoms with Gasteiger partial charge in [0.1, 0.15) is 18.2 Å². The molecule has 7 nitrogen and oxygen atoms in total. The minimum Gasteiger partial charge on any atom is -0.377 e. The number of primary amides is 1. The maximum atomic E-state index is 10.7. The summed E-state index contributed by atoms with van der Waals surface area (Å²) < 4.78 is 4.97. The van der Waals surface area contributed by atoms with Gasteiger partial charge in [-0.15, -0.1) is 0 Å². The Labute approximate surface area is 99.8 Å². The predicted octanol–water partition coefficient (Wildman–Crippen LogP) is -0.0480. The van der Waals surface area contributed by atoms with Crippen molar-refractivity contribution in [3.8, 4) is 0 Å². The highest BCUT2D eigenvalue weighted by Gasteiger charge is 2.04. The Bertz CT molecular complexity index is 359. The molecule has 1 heterocycles. The molecule has 0 aliphatic heterocycles. The summed E-state index contributed by atoms with van der Waals surface area (Å²) in [6.45, 7) is 3.06. The molecule has 0 radical (unpaired) electrons. The summed E-state index contributed by atoms with van der Waals surface area (Å²) in [5.74, 6) is 1.32. The van der Waals surface area contributed by atoms with Gasteiger partial charge in [0, 0.05) is 19.7 Å². The second kappa shape index (κ2) is 6.64. The molecule has 0 unspecified atom stereocenters. The van der Waals surface area contributed by atoms with Crippen LogP contribution in [0.4, 0.5) is 11.6 Å². The summed E-state index contributed by atoms with van der Waals surface area (Å²) in [6.07, 6.45) is 0. The van der Waals surface area contributed by atoms with Crippen molar-refractivity contribution in [2.45, 2.75) is 13.5 Å². The highest BCUT2D eigenvalue weighted by molar-refractivity contribution is 5.78. The lowest BCUT2D eigenvalue weighted by Crippen LogP contribution is -2.22. The van der Waals surface area contributed by atoms with Gasteiger partial charge in [0.15, 0.2) is 5.82 Å². The van der Waals surface area contributed by atoms with Gasteiger partial charge in [-0.25, -0.2) is 9.97 Å². The van der Waals surface area contributed by atoms with E-state index in [4.69, 9.17) is 10.5 Å². The number of methoxy groups -OCH3 is 1. The molecule has 1 rings (SSSR count). The molecule has 0 saturated carbocycles. The highest BCUT2D eigenvalue weighted by Crippen LogP contribution is 2.11. The third-order valence-electron chi connectivity index (χ3n) is 1.85. The van der Waals surface area contributed by atoms with E-state index in [1.165, 1.54) is 0 Å². The Morgan fingerprint density at radius 3 is 2.59 bits per heavy atom. The third-order valence-corrected chi connectivity index (χ3v) is 1.85. The summed E-state index contributed by atoms with van der Waals surface area (Å²) in [5, 5.41) is 5.89.